The highest BCUT2D eigenvalue weighted by molar-refractivity contribution is 5.95. The molecule has 0 bridgehead atoms. The van der Waals surface area contributed by atoms with Crippen molar-refractivity contribution in [3.63, 3.8) is 0 Å². The predicted molar refractivity (Wildman–Crippen MR) is 124 cm³/mol. The van der Waals surface area contributed by atoms with Gasteiger partial charge in [0.1, 0.15) is 12.4 Å². The molecule has 0 spiro atoms. The van der Waals surface area contributed by atoms with Gasteiger partial charge in [-0.25, -0.2) is 4.98 Å². The van der Waals surface area contributed by atoms with Gasteiger partial charge in [0.25, 0.3) is 5.56 Å². The number of rotatable bonds is 5. The molecule has 32 heavy (non-hydrogen) atoms. The molecule has 7 heteroatoms. The molecule has 2 aromatic carbocycles. The summed E-state index contributed by atoms with van der Waals surface area (Å²) in [6.45, 7) is 4.70. The van der Waals surface area contributed by atoms with Gasteiger partial charge in [0.2, 0.25) is 5.91 Å². The van der Waals surface area contributed by atoms with Crippen molar-refractivity contribution in [3.8, 4) is 11.4 Å². The summed E-state index contributed by atoms with van der Waals surface area (Å²) in [7, 11) is 1.97. The van der Waals surface area contributed by atoms with E-state index in [1.807, 2.05) is 38.2 Å². The smallest absolute Gasteiger partial charge is 0.259 e. The fourth-order valence-electron chi connectivity index (χ4n) is 3.85. The molecule has 0 fully saturated rings. The number of fused-ring (bicyclic) bond motifs is 1. The van der Waals surface area contributed by atoms with E-state index >= 15 is 0 Å². The molecule has 1 N–H and O–H groups in total. The van der Waals surface area contributed by atoms with Gasteiger partial charge in [0, 0.05) is 36.3 Å². The van der Waals surface area contributed by atoms with Crippen molar-refractivity contribution in [2.45, 2.75) is 33.4 Å². The number of carbonyl (C=O) groups is 2. The molecule has 2 heterocycles. The minimum absolute atomic E-state index is 0.0396. The van der Waals surface area contributed by atoms with E-state index in [-0.39, 0.29) is 23.8 Å². The molecule has 0 saturated heterocycles. The van der Waals surface area contributed by atoms with Crippen LogP contribution in [0, 0.1) is 6.92 Å². The second-order valence-corrected chi connectivity index (χ2v) is 8.29. The third kappa shape index (κ3) is 4.53. The Bertz CT molecular complexity index is 1230. The molecular weight excluding hydrogens is 404 g/mol. The molecule has 0 saturated carbocycles. The minimum Gasteiger partial charge on any atom is -0.325 e. The average Bonchev–Trinajstić information content (AvgIpc) is 2.77. The summed E-state index contributed by atoms with van der Waals surface area (Å²) in [5, 5.41) is 2.81. The van der Waals surface area contributed by atoms with Gasteiger partial charge in [-0.3, -0.25) is 19.0 Å². The van der Waals surface area contributed by atoms with E-state index in [2.05, 4.69) is 10.2 Å². The van der Waals surface area contributed by atoms with Crippen molar-refractivity contribution in [1.29, 1.82) is 0 Å². The first-order chi connectivity index (χ1) is 15.3. The summed E-state index contributed by atoms with van der Waals surface area (Å²) in [6.07, 6.45) is 0.704. The Kier molecular flexibility index (Phi) is 6.01. The lowest BCUT2D eigenvalue weighted by Gasteiger charge is -2.25. The molecule has 4 rings (SSSR count). The Hall–Kier alpha value is -3.58. The summed E-state index contributed by atoms with van der Waals surface area (Å²) >= 11 is 0. The number of amides is 1. The molecule has 3 aromatic rings. The third-order valence-electron chi connectivity index (χ3n) is 5.69. The van der Waals surface area contributed by atoms with Crippen molar-refractivity contribution in [2.24, 2.45) is 0 Å². The molecule has 0 unspecified atom stereocenters. The van der Waals surface area contributed by atoms with Gasteiger partial charge < -0.3 is 10.2 Å². The van der Waals surface area contributed by atoms with Crippen molar-refractivity contribution in [2.75, 3.05) is 18.9 Å². The number of carbonyl (C=O) groups excluding carboxylic acids is 2. The van der Waals surface area contributed by atoms with E-state index in [9.17, 15) is 14.4 Å². The van der Waals surface area contributed by atoms with E-state index in [1.54, 1.807) is 24.3 Å². The van der Waals surface area contributed by atoms with Gasteiger partial charge in [-0.05, 0) is 45.2 Å². The maximum Gasteiger partial charge on any atom is 0.259 e. The normalized spacial score (nSPS) is 13.5. The van der Waals surface area contributed by atoms with Gasteiger partial charge in [0.05, 0.1) is 11.3 Å². The van der Waals surface area contributed by atoms with Crippen LogP contribution in [0.4, 0.5) is 5.69 Å². The number of anilines is 1. The Labute approximate surface area is 186 Å². The monoisotopic (exact) mass is 430 g/mol. The van der Waals surface area contributed by atoms with E-state index in [0.29, 0.717) is 35.6 Å². The van der Waals surface area contributed by atoms with Crippen molar-refractivity contribution in [3.05, 3.63) is 81.3 Å². The second-order valence-electron chi connectivity index (χ2n) is 8.29. The van der Waals surface area contributed by atoms with Crippen LogP contribution in [-0.2, 0) is 24.3 Å². The molecule has 0 atom stereocenters. The quantitative estimate of drug-likeness (QED) is 0.629. The fourth-order valence-corrected chi connectivity index (χ4v) is 3.85. The number of nitrogens with one attached hydrogen (secondary N) is 1. The first-order valence-electron chi connectivity index (χ1n) is 10.6. The zero-order chi connectivity index (χ0) is 22.8. The molecule has 1 amide bonds. The largest absolute Gasteiger partial charge is 0.325 e. The number of hydrogen-bond acceptors (Lipinski definition) is 5. The lowest BCUT2D eigenvalue weighted by molar-refractivity contribution is -0.116. The average molecular weight is 431 g/mol. The molecule has 0 radical (unpaired) electrons. The van der Waals surface area contributed by atoms with Crippen LogP contribution in [0.1, 0.15) is 34.1 Å². The van der Waals surface area contributed by atoms with E-state index < -0.39 is 0 Å². The molecule has 1 aliphatic heterocycles. The van der Waals surface area contributed by atoms with Gasteiger partial charge in [-0.2, -0.15) is 0 Å². The second kappa shape index (κ2) is 8.88. The van der Waals surface area contributed by atoms with Crippen LogP contribution in [0.25, 0.3) is 11.4 Å². The highest BCUT2D eigenvalue weighted by Gasteiger charge is 2.23. The maximum atomic E-state index is 13.4. The fraction of sp³-hybridized carbons (Fsp3) is 0.280. The third-order valence-corrected chi connectivity index (χ3v) is 5.69. The van der Waals surface area contributed by atoms with Crippen LogP contribution in [0.15, 0.2) is 53.3 Å². The number of aryl methyl sites for hydroxylation is 1. The summed E-state index contributed by atoms with van der Waals surface area (Å²) in [5.74, 6) is 0.129. The summed E-state index contributed by atoms with van der Waals surface area (Å²) in [4.78, 5) is 44.6. The molecular formula is C25H26N4O3. The number of nitrogens with zero attached hydrogens (tertiary/aromatic N) is 3. The molecule has 0 aliphatic carbocycles. The minimum atomic E-state index is -0.332. The van der Waals surface area contributed by atoms with Gasteiger partial charge in [0.15, 0.2) is 5.78 Å². The number of hydrogen-bond donors (Lipinski definition) is 1. The number of likely N-dealkylation sites (N-methyl/N-ethyl adjacent to an activating group) is 1. The lowest BCUT2D eigenvalue weighted by Crippen LogP contribution is -2.38. The van der Waals surface area contributed by atoms with Gasteiger partial charge >= 0.3 is 0 Å². The first-order valence-corrected chi connectivity index (χ1v) is 10.6. The van der Waals surface area contributed by atoms with Gasteiger partial charge in [-0.15, -0.1) is 0 Å². The number of ketones is 1. The molecule has 7 nitrogen and oxygen atoms in total. The maximum absolute atomic E-state index is 13.4. The number of Topliss-reactive ketones (excluding diaryl/α,β-unsaturated/α-hetero) is 1. The van der Waals surface area contributed by atoms with Gasteiger partial charge in [-0.1, -0.05) is 29.8 Å². The van der Waals surface area contributed by atoms with Crippen molar-refractivity contribution < 1.29 is 9.59 Å². The SMILES string of the molecule is CC(=O)c1ccc(NC(=O)Cn2c(-c3ccc(C)cc3)nc3c(c2=O)CN(C)CC3)cc1. The Balaban J connectivity index is 1.69. The topological polar surface area (TPSA) is 84.3 Å². The van der Waals surface area contributed by atoms with E-state index in [4.69, 9.17) is 4.98 Å². The van der Waals surface area contributed by atoms with Crippen LogP contribution in [0.5, 0.6) is 0 Å². The zero-order valence-corrected chi connectivity index (χ0v) is 18.5. The van der Waals surface area contributed by atoms with Crippen LogP contribution in [0.2, 0.25) is 0 Å². The summed E-state index contributed by atoms with van der Waals surface area (Å²) in [6, 6.07) is 14.5. The standard InChI is InChI=1S/C25H26N4O3/c1-16-4-6-19(7-5-16)24-27-22-12-13-28(3)14-21(22)25(32)29(24)15-23(31)26-20-10-8-18(9-11-20)17(2)30/h4-11H,12-15H2,1-3H3,(H,26,31). The highest BCUT2D eigenvalue weighted by Crippen LogP contribution is 2.21. The first kappa shape index (κ1) is 21.6. The predicted octanol–water partition coefficient (Wildman–Crippen LogP) is 3.05. The van der Waals surface area contributed by atoms with Crippen LogP contribution in [-0.4, -0.2) is 39.7 Å². The van der Waals surface area contributed by atoms with Crippen molar-refractivity contribution in [1.82, 2.24) is 14.5 Å². The van der Waals surface area contributed by atoms with Crippen molar-refractivity contribution >= 4 is 17.4 Å². The Morgan fingerprint density at radius 3 is 2.41 bits per heavy atom. The van der Waals surface area contributed by atoms with Crippen LogP contribution < -0.4 is 10.9 Å². The lowest BCUT2D eigenvalue weighted by atomic mass is 10.1. The summed E-state index contributed by atoms with van der Waals surface area (Å²) in [5.41, 5.74) is 4.31. The number of aromatic nitrogens is 2. The molecule has 1 aliphatic rings. The number of benzene rings is 2. The highest BCUT2D eigenvalue weighted by atomic mass is 16.2. The Morgan fingerprint density at radius 2 is 1.75 bits per heavy atom. The van der Waals surface area contributed by atoms with Crippen LogP contribution in [0.3, 0.4) is 0 Å². The van der Waals surface area contributed by atoms with Crippen LogP contribution >= 0.6 is 0 Å². The van der Waals surface area contributed by atoms with E-state index in [1.165, 1.54) is 11.5 Å². The Morgan fingerprint density at radius 1 is 1.06 bits per heavy atom. The molecule has 1 aromatic heterocycles. The van der Waals surface area contributed by atoms with E-state index in [0.717, 1.165) is 23.4 Å². The molecule has 164 valence electrons. The zero-order valence-electron chi connectivity index (χ0n) is 18.5. The summed E-state index contributed by atoms with van der Waals surface area (Å²) < 4.78 is 1.46.